The second-order valence-corrected chi connectivity index (χ2v) is 5.65. The molecule has 6 heteroatoms. The normalized spacial score (nSPS) is 10.3. The number of rotatable bonds is 10. The molecular formula is C20H24FNO4. The third-order valence-electron chi connectivity index (χ3n) is 3.33. The molecule has 0 radical (unpaired) electrons. The second-order valence-electron chi connectivity index (χ2n) is 5.65. The van der Waals surface area contributed by atoms with Gasteiger partial charge in [0.25, 0.3) is 5.91 Å². The van der Waals surface area contributed by atoms with Gasteiger partial charge < -0.3 is 19.5 Å². The van der Waals surface area contributed by atoms with Gasteiger partial charge in [0.2, 0.25) is 0 Å². The SMILES string of the molecule is CCCOc1ccc(NC(=O)COc2ccc(F)cc2)cc1OCCC. The lowest BCUT2D eigenvalue weighted by Gasteiger charge is -2.14. The molecule has 2 aromatic rings. The number of nitrogens with one attached hydrogen (secondary N) is 1. The van der Waals surface area contributed by atoms with Gasteiger partial charge in [-0.3, -0.25) is 4.79 Å². The molecule has 2 rings (SSSR count). The highest BCUT2D eigenvalue weighted by Gasteiger charge is 2.10. The van der Waals surface area contributed by atoms with Crippen molar-refractivity contribution in [2.45, 2.75) is 26.7 Å². The van der Waals surface area contributed by atoms with Crippen molar-refractivity contribution in [2.24, 2.45) is 0 Å². The van der Waals surface area contributed by atoms with Crippen LogP contribution < -0.4 is 19.5 Å². The smallest absolute Gasteiger partial charge is 0.262 e. The summed E-state index contributed by atoms with van der Waals surface area (Å²) in [6.07, 6.45) is 1.77. The van der Waals surface area contributed by atoms with Gasteiger partial charge >= 0.3 is 0 Å². The predicted molar refractivity (Wildman–Crippen MR) is 98.5 cm³/mol. The molecule has 0 aliphatic heterocycles. The molecule has 0 saturated carbocycles. The number of hydrogen-bond donors (Lipinski definition) is 1. The first-order chi connectivity index (χ1) is 12.6. The van der Waals surface area contributed by atoms with Crippen LogP contribution in [0.3, 0.4) is 0 Å². The van der Waals surface area contributed by atoms with Crippen LogP contribution in [0, 0.1) is 5.82 Å². The summed E-state index contributed by atoms with van der Waals surface area (Å²) in [7, 11) is 0. The Hall–Kier alpha value is -2.76. The van der Waals surface area contributed by atoms with E-state index in [1.54, 1.807) is 18.2 Å². The van der Waals surface area contributed by atoms with Crippen molar-refractivity contribution in [1.29, 1.82) is 0 Å². The molecule has 1 N–H and O–H groups in total. The van der Waals surface area contributed by atoms with Gasteiger partial charge in [-0.15, -0.1) is 0 Å². The number of amides is 1. The highest BCUT2D eigenvalue weighted by atomic mass is 19.1. The van der Waals surface area contributed by atoms with Crippen LogP contribution in [0.5, 0.6) is 17.2 Å². The average molecular weight is 361 g/mol. The van der Waals surface area contributed by atoms with Crippen LogP contribution >= 0.6 is 0 Å². The molecule has 0 aromatic heterocycles. The molecule has 26 heavy (non-hydrogen) atoms. The zero-order valence-corrected chi connectivity index (χ0v) is 15.1. The van der Waals surface area contributed by atoms with Crippen molar-refractivity contribution < 1.29 is 23.4 Å². The summed E-state index contributed by atoms with van der Waals surface area (Å²) < 4.78 is 29.6. The van der Waals surface area contributed by atoms with Crippen LogP contribution in [0.15, 0.2) is 42.5 Å². The summed E-state index contributed by atoms with van der Waals surface area (Å²) in [6, 6.07) is 10.8. The molecule has 2 aromatic carbocycles. The zero-order valence-electron chi connectivity index (χ0n) is 15.1. The van der Waals surface area contributed by atoms with Crippen LogP contribution in [0.1, 0.15) is 26.7 Å². The molecule has 0 spiro atoms. The Morgan fingerprint density at radius 3 is 2.23 bits per heavy atom. The number of halogens is 1. The Labute approximate surface area is 153 Å². The molecule has 0 fully saturated rings. The first-order valence-corrected chi connectivity index (χ1v) is 8.70. The first-order valence-electron chi connectivity index (χ1n) is 8.70. The highest BCUT2D eigenvalue weighted by Crippen LogP contribution is 2.31. The van der Waals surface area contributed by atoms with Crippen LogP contribution in [0.4, 0.5) is 10.1 Å². The number of benzene rings is 2. The van der Waals surface area contributed by atoms with Gasteiger partial charge in [-0.2, -0.15) is 0 Å². The first kappa shape index (κ1) is 19.6. The maximum atomic E-state index is 12.9. The number of ether oxygens (including phenoxy) is 3. The van der Waals surface area contributed by atoms with E-state index < -0.39 is 0 Å². The van der Waals surface area contributed by atoms with E-state index in [0.29, 0.717) is 36.1 Å². The third kappa shape index (κ3) is 6.27. The summed E-state index contributed by atoms with van der Waals surface area (Å²) in [5.41, 5.74) is 0.590. The standard InChI is InChI=1S/C20H24FNO4/c1-3-11-24-18-10-7-16(13-19(18)25-12-4-2)22-20(23)14-26-17-8-5-15(21)6-9-17/h5-10,13H,3-4,11-12,14H2,1-2H3,(H,22,23). The van der Waals surface area contributed by atoms with Gasteiger partial charge in [-0.25, -0.2) is 4.39 Å². The number of carbonyl (C=O) groups excluding carboxylic acids is 1. The molecule has 5 nitrogen and oxygen atoms in total. The maximum absolute atomic E-state index is 12.9. The average Bonchev–Trinajstić information content (AvgIpc) is 2.65. The molecule has 0 bridgehead atoms. The van der Waals surface area contributed by atoms with Crippen molar-refractivity contribution in [3.05, 3.63) is 48.3 Å². The molecule has 1 amide bonds. The van der Waals surface area contributed by atoms with E-state index in [2.05, 4.69) is 5.32 Å². The largest absolute Gasteiger partial charge is 0.490 e. The Kier molecular flexibility index (Phi) is 7.74. The van der Waals surface area contributed by atoms with Gasteiger partial charge in [0.15, 0.2) is 18.1 Å². The van der Waals surface area contributed by atoms with Gasteiger partial charge in [0.1, 0.15) is 11.6 Å². The molecule has 0 saturated heterocycles. The zero-order chi connectivity index (χ0) is 18.8. The lowest BCUT2D eigenvalue weighted by molar-refractivity contribution is -0.118. The number of carbonyl (C=O) groups is 1. The van der Waals surface area contributed by atoms with Gasteiger partial charge in [-0.05, 0) is 49.2 Å². The van der Waals surface area contributed by atoms with Crippen LogP contribution in [-0.2, 0) is 4.79 Å². The fourth-order valence-electron chi connectivity index (χ4n) is 2.12. The summed E-state index contributed by atoms with van der Waals surface area (Å²) in [5, 5.41) is 2.75. The Balaban J connectivity index is 1.96. The van der Waals surface area contributed by atoms with Crippen molar-refractivity contribution >= 4 is 11.6 Å². The van der Waals surface area contributed by atoms with Crippen molar-refractivity contribution in [3.63, 3.8) is 0 Å². The summed E-state index contributed by atoms with van der Waals surface area (Å²) >= 11 is 0. The highest BCUT2D eigenvalue weighted by molar-refractivity contribution is 5.92. The maximum Gasteiger partial charge on any atom is 0.262 e. The van der Waals surface area contributed by atoms with Crippen LogP contribution in [-0.4, -0.2) is 25.7 Å². The quantitative estimate of drug-likeness (QED) is 0.680. The molecule has 0 atom stereocenters. The van der Waals surface area contributed by atoms with E-state index in [1.165, 1.54) is 24.3 Å². The van der Waals surface area contributed by atoms with E-state index in [1.807, 2.05) is 13.8 Å². The molecule has 0 unspecified atom stereocenters. The minimum atomic E-state index is -0.355. The Morgan fingerprint density at radius 1 is 0.923 bits per heavy atom. The van der Waals surface area contributed by atoms with Gasteiger partial charge in [0.05, 0.1) is 13.2 Å². The topological polar surface area (TPSA) is 56.8 Å². The number of hydrogen-bond acceptors (Lipinski definition) is 4. The van der Waals surface area contributed by atoms with Gasteiger partial charge in [-0.1, -0.05) is 13.8 Å². The third-order valence-corrected chi connectivity index (χ3v) is 3.33. The summed E-state index contributed by atoms with van der Waals surface area (Å²) in [4.78, 5) is 12.1. The monoisotopic (exact) mass is 361 g/mol. The minimum absolute atomic E-state index is 0.176. The molecule has 0 aliphatic carbocycles. The van der Waals surface area contributed by atoms with E-state index in [4.69, 9.17) is 14.2 Å². The molecule has 0 heterocycles. The van der Waals surface area contributed by atoms with E-state index >= 15 is 0 Å². The lowest BCUT2D eigenvalue weighted by Crippen LogP contribution is -2.20. The van der Waals surface area contributed by atoms with E-state index in [-0.39, 0.29) is 18.3 Å². The van der Waals surface area contributed by atoms with Crippen molar-refractivity contribution in [1.82, 2.24) is 0 Å². The Morgan fingerprint density at radius 2 is 1.58 bits per heavy atom. The van der Waals surface area contributed by atoms with Crippen LogP contribution in [0.2, 0.25) is 0 Å². The van der Waals surface area contributed by atoms with Crippen LogP contribution in [0.25, 0.3) is 0 Å². The molecule has 0 aliphatic rings. The summed E-state index contributed by atoms with van der Waals surface area (Å²) in [5.74, 6) is 1.00. The molecule has 140 valence electrons. The lowest BCUT2D eigenvalue weighted by atomic mass is 10.2. The van der Waals surface area contributed by atoms with E-state index in [0.717, 1.165) is 12.8 Å². The predicted octanol–water partition coefficient (Wildman–Crippen LogP) is 4.42. The van der Waals surface area contributed by atoms with Gasteiger partial charge in [0, 0.05) is 11.8 Å². The number of anilines is 1. The second kappa shape index (κ2) is 10.3. The van der Waals surface area contributed by atoms with Crippen molar-refractivity contribution in [3.8, 4) is 17.2 Å². The van der Waals surface area contributed by atoms with E-state index in [9.17, 15) is 9.18 Å². The summed E-state index contributed by atoms with van der Waals surface area (Å²) in [6.45, 7) is 5.03. The fraction of sp³-hybridized carbons (Fsp3) is 0.350. The minimum Gasteiger partial charge on any atom is -0.490 e. The fourth-order valence-corrected chi connectivity index (χ4v) is 2.12. The molecular weight excluding hydrogens is 337 g/mol. The van der Waals surface area contributed by atoms with Crippen molar-refractivity contribution in [2.75, 3.05) is 25.1 Å². The Bertz CT molecular complexity index is 703.